The smallest absolute Gasteiger partial charge is 0.309 e. The Bertz CT molecular complexity index is 224. The SMILES string of the molecule is C/C=C/C(C(=O)OCC)[Si](CC)(CC)CC. The maximum Gasteiger partial charge on any atom is 0.309 e. The van der Waals surface area contributed by atoms with E-state index < -0.39 is 8.07 Å². The molecule has 0 aliphatic rings. The first-order valence-corrected chi connectivity index (χ1v) is 9.11. The number of rotatable bonds is 7. The highest BCUT2D eigenvalue weighted by Crippen LogP contribution is 2.35. The summed E-state index contributed by atoms with van der Waals surface area (Å²) in [6, 6.07) is 3.44. The van der Waals surface area contributed by atoms with E-state index in [-0.39, 0.29) is 11.5 Å². The summed E-state index contributed by atoms with van der Waals surface area (Å²) in [7, 11) is -1.53. The van der Waals surface area contributed by atoms with Crippen LogP contribution >= 0.6 is 0 Å². The molecule has 0 aliphatic carbocycles. The lowest BCUT2D eigenvalue weighted by atomic mass is 10.4. The van der Waals surface area contributed by atoms with Gasteiger partial charge in [0.1, 0.15) is 0 Å². The van der Waals surface area contributed by atoms with Crippen LogP contribution in [0.5, 0.6) is 0 Å². The van der Waals surface area contributed by atoms with Crippen molar-refractivity contribution in [3.63, 3.8) is 0 Å². The molecule has 0 heterocycles. The maximum atomic E-state index is 12.0. The largest absolute Gasteiger partial charge is 0.466 e. The number of carbonyl (C=O) groups excluding carboxylic acids is 1. The Hall–Kier alpha value is -0.573. The summed E-state index contributed by atoms with van der Waals surface area (Å²) in [5.74, 6) is -0.0159. The minimum Gasteiger partial charge on any atom is -0.466 e. The summed E-state index contributed by atoms with van der Waals surface area (Å²) in [6.07, 6.45) is 4.05. The van der Waals surface area contributed by atoms with E-state index in [0.29, 0.717) is 6.61 Å². The Morgan fingerprint density at radius 3 is 2.00 bits per heavy atom. The van der Waals surface area contributed by atoms with Gasteiger partial charge in [-0.2, -0.15) is 0 Å². The van der Waals surface area contributed by atoms with Crippen molar-refractivity contribution >= 4 is 14.0 Å². The van der Waals surface area contributed by atoms with Gasteiger partial charge < -0.3 is 4.74 Å². The molecule has 0 amide bonds. The van der Waals surface area contributed by atoms with E-state index in [2.05, 4.69) is 26.8 Å². The zero-order chi connectivity index (χ0) is 12.6. The molecule has 2 nitrogen and oxygen atoms in total. The highest BCUT2D eigenvalue weighted by atomic mass is 28.3. The number of esters is 1. The second-order valence-corrected chi connectivity index (χ2v) is 9.65. The molecule has 0 aromatic carbocycles. The molecule has 0 bridgehead atoms. The van der Waals surface area contributed by atoms with E-state index in [4.69, 9.17) is 4.74 Å². The number of allylic oxidation sites excluding steroid dienone is 1. The van der Waals surface area contributed by atoms with Crippen molar-refractivity contribution < 1.29 is 9.53 Å². The second kappa shape index (κ2) is 7.66. The molecule has 1 atom stereocenters. The standard InChI is InChI=1S/C13H26O2Si/c1-6-11-12(13(14)15-7-2)16(8-3,9-4)10-5/h6,11-12H,7-10H2,1-5H3/b11-6+. The fraction of sp³-hybridized carbons (Fsp3) is 0.769. The Labute approximate surface area is 101 Å². The third kappa shape index (κ3) is 3.48. The maximum absolute atomic E-state index is 12.0. The monoisotopic (exact) mass is 242 g/mol. The van der Waals surface area contributed by atoms with E-state index >= 15 is 0 Å². The molecule has 16 heavy (non-hydrogen) atoms. The summed E-state index contributed by atoms with van der Waals surface area (Å²) >= 11 is 0. The Morgan fingerprint density at radius 1 is 1.19 bits per heavy atom. The molecule has 0 rings (SSSR count). The van der Waals surface area contributed by atoms with Gasteiger partial charge in [0.15, 0.2) is 0 Å². The van der Waals surface area contributed by atoms with Gasteiger partial charge in [0, 0.05) is 0 Å². The fourth-order valence-electron chi connectivity index (χ4n) is 2.37. The third-order valence-corrected chi connectivity index (χ3v) is 9.67. The van der Waals surface area contributed by atoms with Crippen molar-refractivity contribution in [3.8, 4) is 0 Å². The number of hydrogen-bond donors (Lipinski definition) is 0. The van der Waals surface area contributed by atoms with E-state index in [1.165, 1.54) is 0 Å². The van der Waals surface area contributed by atoms with Crippen LogP contribution in [0, 0.1) is 0 Å². The summed E-state index contributed by atoms with van der Waals surface area (Å²) in [6.45, 7) is 11.0. The van der Waals surface area contributed by atoms with Crippen molar-refractivity contribution in [1.29, 1.82) is 0 Å². The molecule has 1 unspecified atom stereocenters. The van der Waals surface area contributed by atoms with Gasteiger partial charge in [-0.1, -0.05) is 51.1 Å². The van der Waals surface area contributed by atoms with Gasteiger partial charge in [-0.25, -0.2) is 0 Å². The van der Waals surface area contributed by atoms with E-state index in [0.717, 1.165) is 18.1 Å². The lowest BCUT2D eigenvalue weighted by molar-refractivity contribution is -0.142. The van der Waals surface area contributed by atoms with Crippen LogP contribution in [0.3, 0.4) is 0 Å². The first-order chi connectivity index (χ1) is 7.61. The Balaban J connectivity index is 5.06. The second-order valence-electron chi connectivity index (χ2n) is 4.18. The number of ether oxygens (including phenoxy) is 1. The predicted molar refractivity (Wildman–Crippen MR) is 72.4 cm³/mol. The highest BCUT2D eigenvalue weighted by molar-refractivity contribution is 6.84. The van der Waals surface area contributed by atoms with Gasteiger partial charge in [-0.3, -0.25) is 4.79 Å². The molecule has 94 valence electrons. The predicted octanol–water partition coefficient (Wildman–Crippen LogP) is 4.00. The third-order valence-electron chi connectivity index (χ3n) is 3.70. The van der Waals surface area contributed by atoms with Gasteiger partial charge in [0.25, 0.3) is 0 Å². The van der Waals surface area contributed by atoms with Crippen LogP contribution in [0.15, 0.2) is 12.2 Å². The van der Waals surface area contributed by atoms with Crippen molar-refractivity contribution in [2.24, 2.45) is 0 Å². The van der Waals surface area contributed by atoms with Crippen molar-refractivity contribution in [2.45, 2.75) is 58.3 Å². The first-order valence-electron chi connectivity index (χ1n) is 6.41. The van der Waals surface area contributed by atoms with Crippen molar-refractivity contribution in [2.75, 3.05) is 6.61 Å². The number of carbonyl (C=O) groups is 1. The van der Waals surface area contributed by atoms with Crippen LogP contribution in [-0.2, 0) is 9.53 Å². The molecule has 0 saturated heterocycles. The van der Waals surface area contributed by atoms with Crippen LogP contribution in [0.25, 0.3) is 0 Å². The molecule has 0 aromatic heterocycles. The molecule has 0 radical (unpaired) electrons. The molecular formula is C13H26O2Si. The van der Waals surface area contributed by atoms with Crippen LogP contribution in [0.1, 0.15) is 34.6 Å². The molecule has 0 spiro atoms. The summed E-state index contributed by atoms with van der Waals surface area (Å²) in [5, 5.41) is 0. The highest BCUT2D eigenvalue weighted by Gasteiger charge is 2.39. The van der Waals surface area contributed by atoms with E-state index in [9.17, 15) is 4.79 Å². The molecule has 0 saturated carbocycles. The molecule has 0 aliphatic heterocycles. The van der Waals surface area contributed by atoms with E-state index in [1.54, 1.807) is 0 Å². The Morgan fingerprint density at radius 2 is 1.69 bits per heavy atom. The van der Waals surface area contributed by atoms with Gasteiger partial charge in [0.05, 0.1) is 20.2 Å². The average molecular weight is 242 g/mol. The van der Waals surface area contributed by atoms with Gasteiger partial charge >= 0.3 is 5.97 Å². The minimum atomic E-state index is -1.53. The zero-order valence-electron chi connectivity index (χ0n) is 11.4. The van der Waals surface area contributed by atoms with Gasteiger partial charge in [0.2, 0.25) is 0 Å². The van der Waals surface area contributed by atoms with Gasteiger partial charge in [-0.15, -0.1) is 0 Å². The summed E-state index contributed by atoms with van der Waals surface area (Å²) in [4.78, 5) is 12.0. The van der Waals surface area contributed by atoms with E-state index in [1.807, 2.05) is 19.9 Å². The lowest BCUT2D eigenvalue weighted by Gasteiger charge is -2.33. The normalized spacial score (nSPS) is 14.1. The summed E-state index contributed by atoms with van der Waals surface area (Å²) < 4.78 is 5.21. The molecule has 0 N–H and O–H groups in total. The topological polar surface area (TPSA) is 26.3 Å². The van der Waals surface area contributed by atoms with Crippen LogP contribution < -0.4 is 0 Å². The molecule has 0 aromatic rings. The van der Waals surface area contributed by atoms with Crippen LogP contribution in [0.2, 0.25) is 23.7 Å². The minimum absolute atomic E-state index is 0.0159. The average Bonchev–Trinajstić information content (AvgIpc) is 2.31. The molecule has 0 fully saturated rings. The number of hydrogen-bond acceptors (Lipinski definition) is 2. The van der Waals surface area contributed by atoms with Crippen LogP contribution in [0.4, 0.5) is 0 Å². The van der Waals surface area contributed by atoms with Crippen LogP contribution in [-0.4, -0.2) is 20.7 Å². The molecule has 3 heteroatoms. The van der Waals surface area contributed by atoms with Crippen molar-refractivity contribution in [1.82, 2.24) is 0 Å². The summed E-state index contributed by atoms with van der Waals surface area (Å²) in [5.41, 5.74) is 0.0393. The molecular weight excluding hydrogens is 216 g/mol. The Kier molecular flexibility index (Phi) is 7.39. The fourth-order valence-corrected chi connectivity index (χ4v) is 6.37. The van der Waals surface area contributed by atoms with Crippen molar-refractivity contribution in [3.05, 3.63) is 12.2 Å². The van der Waals surface area contributed by atoms with Gasteiger partial charge in [-0.05, 0) is 13.8 Å². The lowest BCUT2D eigenvalue weighted by Crippen LogP contribution is -2.41. The quantitative estimate of drug-likeness (QED) is 0.383. The first kappa shape index (κ1) is 15.4. The zero-order valence-corrected chi connectivity index (χ0v) is 12.4.